The van der Waals surface area contributed by atoms with Gasteiger partial charge in [-0.2, -0.15) is 11.8 Å². The molecule has 0 saturated carbocycles. The maximum atomic E-state index is 8.93. The van der Waals surface area contributed by atoms with Crippen LogP contribution >= 0.6 is 11.8 Å². The van der Waals surface area contributed by atoms with E-state index in [1.54, 1.807) is 0 Å². The second-order valence-corrected chi connectivity index (χ2v) is 6.02. The molecule has 0 spiro atoms. The third-order valence-corrected chi connectivity index (χ3v) is 4.61. The predicted octanol–water partition coefficient (Wildman–Crippen LogP) is 2.97. The highest BCUT2D eigenvalue weighted by Gasteiger charge is 2.20. The zero-order valence-corrected chi connectivity index (χ0v) is 11.5. The third-order valence-electron chi connectivity index (χ3n) is 2.93. The van der Waals surface area contributed by atoms with E-state index in [2.05, 4.69) is 26.0 Å². The van der Waals surface area contributed by atoms with Gasteiger partial charge in [-0.15, -0.1) is 0 Å². The monoisotopic (exact) mass is 253 g/mol. The molecule has 96 valence electrons. The van der Waals surface area contributed by atoms with E-state index in [0.717, 1.165) is 12.8 Å². The van der Waals surface area contributed by atoms with Crippen LogP contribution in [0.25, 0.3) is 0 Å². The minimum absolute atomic E-state index is 0.0762. The SMILES string of the molecule is CCC(SC(C)CCO)C(N)c1ccccc1. The summed E-state index contributed by atoms with van der Waals surface area (Å²) in [6.45, 7) is 4.58. The Morgan fingerprint density at radius 3 is 2.47 bits per heavy atom. The summed E-state index contributed by atoms with van der Waals surface area (Å²) in [5.74, 6) is 0. The van der Waals surface area contributed by atoms with Crippen molar-refractivity contribution in [3.63, 3.8) is 0 Å². The van der Waals surface area contributed by atoms with Crippen molar-refractivity contribution in [2.75, 3.05) is 6.61 Å². The van der Waals surface area contributed by atoms with Gasteiger partial charge >= 0.3 is 0 Å². The molecule has 0 aliphatic carbocycles. The van der Waals surface area contributed by atoms with Crippen LogP contribution in [0.1, 0.15) is 38.3 Å². The zero-order valence-electron chi connectivity index (χ0n) is 10.7. The molecule has 0 bridgehead atoms. The van der Waals surface area contributed by atoms with E-state index < -0.39 is 0 Å². The summed E-state index contributed by atoms with van der Waals surface area (Å²) in [6.07, 6.45) is 1.89. The number of benzene rings is 1. The highest BCUT2D eigenvalue weighted by Crippen LogP contribution is 2.31. The first-order chi connectivity index (χ1) is 8.19. The van der Waals surface area contributed by atoms with Gasteiger partial charge in [0.15, 0.2) is 0 Å². The van der Waals surface area contributed by atoms with Crippen molar-refractivity contribution in [2.24, 2.45) is 5.73 Å². The fourth-order valence-electron chi connectivity index (χ4n) is 1.87. The van der Waals surface area contributed by atoms with Crippen molar-refractivity contribution >= 4 is 11.8 Å². The van der Waals surface area contributed by atoms with Gasteiger partial charge in [0.05, 0.1) is 0 Å². The van der Waals surface area contributed by atoms with E-state index in [-0.39, 0.29) is 12.6 Å². The summed E-state index contributed by atoms with van der Waals surface area (Å²) in [4.78, 5) is 0. The molecule has 0 radical (unpaired) electrons. The van der Waals surface area contributed by atoms with E-state index in [1.165, 1.54) is 5.56 Å². The number of hydrogen-bond donors (Lipinski definition) is 2. The van der Waals surface area contributed by atoms with Crippen LogP contribution in [0.15, 0.2) is 30.3 Å². The van der Waals surface area contributed by atoms with Gasteiger partial charge in [0.1, 0.15) is 0 Å². The van der Waals surface area contributed by atoms with Crippen molar-refractivity contribution in [1.82, 2.24) is 0 Å². The molecule has 1 aromatic carbocycles. The molecule has 3 heteroatoms. The molecule has 0 heterocycles. The molecule has 17 heavy (non-hydrogen) atoms. The molecule has 1 rings (SSSR count). The zero-order chi connectivity index (χ0) is 12.7. The average Bonchev–Trinajstić information content (AvgIpc) is 2.36. The van der Waals surface area contributed by atoms with Crippen LogP contribution in [-0.2, 0) is 0 Å². The summed E-state index contributed by atoms with van der Waals surface area (Å²) in [6, 6.07) is 10.3. The molecular weight excluding hydrogens is 230 g/mol. The summed E-state index contributed by atoms with van der Waals surface area (Å²) >= 11 is 1.89. The number of nitrogens with two attached hydrogens (primary N) is 1. The van der Waals surface area contributed by atoms with Crippen LogP contribution in [0.4, 0.5) is 0 Å². The van der Waals surface area contributed by atoms with Gasteiger partial charge in [0.2, 0.25) is 0 Å². The third kappa shape index (κ3) is 4.70. The van der Waals surface area contributed by atoms with Crippen molar-refractivity contribution in [2.45, 2.75) is 43.2 Å². The molecule has 0 aliphatic heterocycles. The summed E-state index contributed by atoms with van der Waals surface area (Å²) in [5, 5.41) is 9.81. The van der Waals surface area contributed by atoms with Gasteiger partial charge in [-0.05, 0) is 18.4 Å². The number of rotatable bonds is 7. The van der Waals surface area contributed by atoms with E-state index >= 15 is 0 Å². The Labute approximate surface area is 109 Å². The summed E-state index contributed by atoms with van der Waals surface area (Å²) < 4.78 is 0. The average molecular weight is 253 g/mol. The maximum absolute atomic E-state index is 8.93. The lowest BCUT2D eigenvalue weighted by molar-refractivity contribution is 0.288. The van der Waals surface area contributed by atoms with E-state index in [1.807, 2.05) is 30.0 Å². The highest BCUT2D eigenvalue weighted by atomic mass is 32.2. The van der Waals surface area contributed by atoms with E-state index in [9.17, 15) is 0 Å². The molecule has 3 atom stereocenters. The Morgan fingerprint density at radius 2 is 1.94 bits per heavy atom. The van der Waals surface area contributed by atoms with Crippen LogP contribution in [0.3, 0.4) is 0 Å². The molecule has 0 fully saturated rings. The summed E-state index contributed by atoms with van der Waals surface area (Å²) in [7, 11) is 0. The molecule has 0 saturated heterocycles. The minimum atomic E-state index is 0.0762. The molecule has 0 aromatic heterocycles. The molecular formula is C14H23NOS. The van der Waals surface area contributed by atoms with Crippen molar-refractivity contribution in [1.29, 1.82) is 0 Å². The second-order valence-electron chi connectivity index (χ2n) is 4.34. The highest BCUT2D eigenvalue weighted by molar-refractivity contribution is 8.00. The first-order valence-electron chi connectivity index (χ1n) is 6.25. The lowest BCUT2D eigenvalue weighted by Gasteiger charge is -2.25. The van der Waals surface area contributed by atoms with E-state index in [4.69, 9.17) is 10.8 Å². The first kappa shape index (κ1) is 14.6. The number of aliphatic hydroxyl groups is 1. The van der Waals surface area contributed by atoms with Crippen molar-refractivity contribution in [3.05, 3.63) is 35.9 Å². The van der Waals surface area contributed by atoms with Gasteiger partial charge in [0, 0.05) is 23.1 Å². The van der Waals surface area contributed by atoms with Crippen LogP contribution < -0.4 is 5.73 Å². The molecule has 0 amide bonds. The van der Waals surface area contributed by atoms with Gasteiger partial charge < -0.3 is 10.8 Å². The van der Waals surface area contributed by atoms with Gasteiger partial charge in [-0.25, -0.2) is 0 Å². The van der Waals surface area contributed by atoms with Gasteiger partial charge in [-0.3, -0.25) is 0 Å². The number of aliphatic hydroxyl groups excluding tert-OH is 1. The quantitative estimate of drug-likeness (QED) is 0.785. The molecule has 3 unspecified atom stereocenters. The Hall–Kier alpha value is -0.510. The van der Waals surface area contributed by atoms with Crippen LogP contribution in [0.5, 0.6) is 0 Å². The topological polar surface area (TPSA) is 46.2 Å². The first-order valence-corrected chi connectivity index (χ1v) is 7.20. The predicted molar refractivity (Wildman–Crippen MR) is 76.2 cm³/mol. The molecule has 3 N–H and O–H groups in total. The lowest BCUT2D eigenvalue weighted by Crippen LogP contribution is -2.25. The fraction of sp³-hybridized carbons (Fsp3) is 0.571. The Morgan fingerprint density at radius 1 is 1.29 bits per heavy atom. The normalized spacial score (nSPS) is 16.5. The summed E-state index contributed by atoms with van der Waals surface area (Å²) in [5.41, 5.74) is 7.51. The standard InChI is InChI=1S/C14H23NOS/c1-3-13(17-11(2)9-10-16)14(15)12-7-5-4-6-8-12/h4-8,11,13-14,16H,3,9-10,15H2,1-2H3. The van der Waals surface area contributed by atoms with Crippen molar-refractivity contribution in [3.8, 4) is 0 Å². The largest absolute Gasteiger partial charge is 0.396 e. The van der Waals surface area contributed by atoms with Crippen LogP contribution in [0.2, 0.25) is 0 Å². The fourth-order valence-corrected chi connectivity index (χ4v) is 3.23. The van der Waals surface area contributed by atoms with Gasteiger partial charge in [0.25, 0.3) is 0 Å². The Bertz CT molecular complexity index is 304. The van der Waals surface area contributed by atoms with Crippen LogP contribution in [0, 0.1) is 0 Å². The minimum Gasteiger partial charge on any atom is -0.396 e. The number of hydrogen-bond acceptors (Lipinski definition) is 3. The second kappa shape index (κ2) is 7.75. The van der Waals surface area contributed by atoms with E-state index in [0.29, 0.717) is 10.5 Å². The Balaban J connectivity index is 2.61. The Kier molecular flexibility index (Phi) is 6.63. The van der Waals surface area contributed by atoms with Gasteiger partial charge in [-0.1, -0.05) is 44.2 Å². The van der Waals surface area contributed by atoms with Crippen molar-refractivity contribution < 1.29 is 5.11 Å². The molecule has 1 aromatic rings. The van der Waals surface area contributed by atoms with Crippen LogP contribution in [-0.4, -0.2) is 22.2 Å². The molecule has 2 nitrogen and oxygen atoms in total. The smallest absolute Gasteiger partial charge is 0.0441 e. The number of thioether (sulfide) groups is 1. The lowest BCUT2D eigenvalue weighted by atomic mass is 10.0. The maximum Gasteiger partial charge on any atom is 0.0441 e. The molecule has 0 aliphatic rings.